The van der Waals surface area contributed by atoms with Crippen LogP contribution in [0.4, 0.5) is 5.69 Å². The molecule has 0 atom stereocenters. The number of fused-ring (bicyclic) bond motifs is 1. The maximum Gasteiger partial charge on any atom is 0.251 e. The quantitative estimate of drug-likeness (QED) is 0.581. The van der Waals surface area contributed by atoms with Crippen LogP contribution < -0.4 is 15.4 Å². The third-order valence-electron chi connectivity index (χ3n) is 4.07. The molecule has 2 aromatic carbocycles. The number of unbranched alkanes of at least 4 members (excludes halogenated alkanes) is 1. The summed E-state index contributed by atoms with van der Waals surface area (Å²) in [6.07, 6.45) is 2.05. The molecule has 0 fully saturated rings. The van der Waals surface area contributed by atoms with Gasteiger partial charge in [0.1, 0.15) is 11.3 Å². The lowest BCUT2D eigenvalue weighted by Gasteiger charge is -2.08. The molecule has 0 aliphatic heterocycles. The van der Waals surface area contributed by atoms with Crippen molar-refractivity contribution >= 4 is 28.6 Å². The number of amides is 2. The van der Waals surface area contributed by atoms with Gasteiger partial charge in [-0.15, -0.1) is 0 Å². The van der Waals surface area contributed by atoms with Gasteiger partial charge in [0.25, 0.3) is 5.91 Å². The normalized spacial score (nSPS) is 10.6. The Morgan fingerprint density at radius 1 is 1.14 bits per heavy atom. The number of ether oxygens (including phenoxy) is 1. The first-order valence-electron chi connectivity index (χ1n) is 9.23. The highest BCUT2D eigenvalue weighted by atomic mass is 16.5. The van der Waals surface area contributed by atoms with E-state index in [9.17, 15) is 9.59 Å². The van der Waals surface area contributed by atoms with Gasteiger partial charge in [-0.3, -0.25) is 9.59 Å². The van der Waals surface area contributed by atoms with Gasteiger partial charge in [0, 0.05) is 24.2 Å². The van der Waals surface area contributed by atoms with Crippen LogP contribution in [0.1, 0.15) is 36.0 Å². The van der Waals surface area contributed by atoms with Crippen molar-refractivity contribution in [2.45, 2.75) is 26.7 Å². The van der Waals surface area contributed by atoms with Crippen LogP contribution in [0.15, 0.2) is 46.9 Å². The zero-order valence-electron chi connectivity index (χ0n) is 16.0. The number of hydrogen-bond donors (Lipinski definition) is 2. The summed E-state index contributed by atoms with van der Waals surface area (Å²) in [7, 11) is 0. The molecule has 2 amide bonds. The van der Waals surface area contributed by atoms with E-state index < -0.39 is 0 Å². The van der Waals surface area contributed by atoms with Crippen molar-refractivity contribution in [2.24, 2.45) is 0 Å². The first-order valence-corrected chi connectivity index (χ1v) is 9.23. The zero-order valence-corrected chi connectivity index (χ0v) is 16.0. The van der Waals surface area contributed by atoms with E-state index >= 15 is 0 Å². The largest absolute Gasteiger partial charge is 0.494 e. The highest BCUT2D eigenvalue weighted by Crippen LogP contribution is 2.19. The standard InChI is InChI=1S/C21H23N3O4/c1-3-4-11-27-17-8-5-15(6-9-17)21(26)22-13-20(25)24-16-7-10-18-19(12-16)28-14(2)23-18/h5-10,12H,3-4,11,13H2,1-2H3,(H,22,26)(H,24,25). The smallest absolute Gasteiger partial charge is 0.251 e. The number of aryl methyl sites for hydroxylation is 1. The molecule has 7 nitrogen and oxygen atoms in total. The Morgan fingerprint density at radius 3 is 2.68 bits per heavy atom. The number of nitrogens with zero attached hydrogens (tertiary/aromatic N) is 1. The Balaban J connectivity index is 1.49. The Kier molecular flexibility index (Phi) is 6.26. The van der Waals surface area contributed by atoms with Crippen LogP contribution in [0.2, 0.25) is 0 Å². The highest BCUT2D eigenvalue weighted by Gasteiger charge is 2.10. The molecule has 3 aromatic rings. The van der Waals surface area contributed by atoms with Crippen molar-refractivity contribution in [3.63, 3.8) is 0 Å². The van der Waals surface area contributed by atoms with Crippen molar-refractivity contribution in [1.29, 1.82) is 0 Å². The van der Waals surface area contributed by atoms with E-state index in [2.05, 4.69) is 22.5 Å². The van der Waals surface area contributed by atoms with E-state index in [0.717, 1.165) is 24.1 Å². The molecule has 2 N–H and O–H groups in total. The van der Waals surface area contributed by atoms with E-state index in [1.165, 1.54) is 0 Å². The molecule has 0 unspecified atom stereocenters. The van der Waals surface area contributed by atoms with Crippen LogP contribution >= 0.6 is 0 Å². The van der Waals surface area contributed by atoms with Crippen LogP contribution in [0, 0.1) is 6.92 Å². The maximum atomic E-state index is 12.2. The monoisotopic (exact) mass is 381 g/mol. The molecule has 0 spiro atoms. The summed E-state index contributed by atoms with van der Waals surface area (Å²) in [6, 6.07) is 12.1. The first-order chi connectivity index (χ1) is 13.5. The predicted molar refractivity (Wildman–Crippen MR) is 107 cm³/mol. The Bertz CT molecular complexity index is 963. The molecular weight excluding hydrogens is 358 g/mol. The summed E-state index contributed by atoms with van der Waals surface area (Å²) in [5.41, 5.74) is 2.37. The zero-order chi connectivity index (χ0) is 19.9. The van der Waals surface area contributed by atoms with Crippen LogP contribution in [0.25, 0.3) is 11.1 Å². The fourth-order valence-electron chi connectivity index (χ4n) is 2.62. The summed E-state index contributed by atoms with van der Waals surface area (Å²) >= 11 is 0. The summed E-state index contributed by atoms with van der Waals surface area (Å²) in [5.74, 6) is 0.633. The molecule has 1 aromatic heterocycles. The number of carbonyl (C=O) groups excluding carboxylic acids is 2. The predicted octanol–water partition coefficient (Wildman–Crippen LogP) is 3.68. The Hall–Kier alpha value is -3.35. The summed E-state index contributed by atoms with van der Waals surface area (Å²) in [5, 5.41) is 5.33. The number of oxazole rings is 1. The van der Waals surface area contributed by atoms with Crippen LogP contribution in [0.5, 0.6) is 5.75 Å². The minimum Gasteiger partial charge on any atom is -0.494 e. The lowest BCUT2D eigenvalue weighted by molar-refractivity contribution is -0.115. The minimum atomic E-state index is -0.330. The molecule has 0 aliphatic carbocycles. The highest BCUT2D eigenvalue weighted by molar-refractivity contribution is 5.99. The molecule has 7 heteroatoms. The van der Waals surface area contributed by atoms with Crippen molar-refractivity contribution in [3.05, 3.63) is 53.9 Å². The lowest BCUT2D eigenvalue weighted by Crippen LogP contribution is -2.32. The number of aromatic nitrogens is 1. The molecule has 0 aliphatic rings. The molecule has 28 heavy (non-hydrogen) atoms. The fraction of sp³-hybridized carbons (Fsp3) is 0.286. The second kappa shape index (κ2) is 9.03. The molecule has 3 rings (SSSR count). The molecule has 146 valence electrons. The lowest BCUT2D eigenvalue weighted by atomic mass is 10.2. The van der Waals surface area contributed by atoms with Gasteiger partial charge in [-0.1, -0.05) is 13.3 Å². The van der Waals surface area contributed by atoms with E-state index in [-0.39, 0.29) is 18.4 Å². The van der Waals surface area contributed by atoms with Crippen LogP contribution in [-0.2, 0) is 4.79 Å². The first kappa shape index (κ1) is 19.4. The topological polar surface area (TPSA) is 93.5 Å². The SMILES string of the molecule is CCCCOc1ccc(C(=O)NCC(=O)Nc2ccc3nc(C)oc3c2)cc1. The summed E-state index contributed by atoms with van der Waals surface area (Å²) in [4.78, 5) is 28.5. The number of nitrogens with one attached hydrogen (secondary N) is 2. The molecular formula is C21H23N3O4. The summed E-state index contributed by atoms with van der Waals surface area (Å²) < 4.78 is 11.0. The fourth-order valence-corrected chi connectivity index (χ4v) is 2.62. The van der Waals surface area contributed by atoms with Crippen molar-refractivity contribution in [2.75, 3.05) is 18.5 Å². The van der Waals surface area contributed by atoms with E-state index in [4.69, 9.17) is 9.15 Å². The number of benzene rings is 2. The minimum absolute atomic E-state index is 0.138. The summed E-state index contributed by atoms with van der Waals surface area (Å²) in [6.45, 7) is 4.38. The molecule has 0 saturated carbocycles. The average Bonchev–Trinajstić information content (AvgIpc) is 3.06. The van der Waals surface area contributed by atoms with Gasteiger partial charge in [-0.05, 0) is 42.8 Å². The van der Waals surface area contributed by atoms with Crippen LogP contribution in [-0.4, -0.2) is 29.9 Å². The second-order valence-electron chi connectivity index (χ2n) is 6.37. The molecule has 0 bridgehead atoms. The van der Waals surface area contributed by atoms with Gasteiger partial charge in [0.05, 0.1) is 13.2 Å². The van der Waals surface area contributed by atoms with Gasteiger partial charge in [0.2, 0.25) is 5.91 Å². The molecule has 1 heterocycles. The van der Waals surface area contributed by atoms with Crippen LogP contribution in [0.3, 0.4) is 0 Å². The number of carbonyl (C=O) groups is 2. The van der Waals surface area contributed by atoms with E-state index in [0.29, 0.717) is 29.3 Å². The Morgan fingerprint density at radius 2 is 1.93 bits per heavy atom. The Labute approximate surface area is 163 Å². The number of anilines is 1. The van der Waals surface area contributed by atoms with E-state index in [1.807, 2.05) is 0 Å². The van der Waals surface area contributed by atoms with Crippen molar-refractivity contribution in [3.8, 4) is 5.75 Å². The van der Waals surface area contributed by atoms with Gasteiger partial charge in [-0.25, -0.2) is 4.98 Å². The van der Waals surface area contributed by atoms with Gasteiger partial charge in [0.15, 0.2) is 11.5 Å². The van der Waals surface area contributed by atoms with Gasteiger partial charge in [-0.2, -0.15) is 0 Å². The number of hydrogen-bond acceptors (Lipinski definition) is 5. The number of rotatable bonds is 8. The van der Waals surface area contributed by atoms with Gasteiger partial charge < -0.3 is 19.8 Å². The average molecular weight is 381 g/mol. The third-order valence-corrected chi connectivity index (χ3v) is 4.07. The second-order valence-corrected chi connectivity index (χ2v) is 6.37. The van der Waals surface area contributed by atoms with Crippen molar-refractivity contribution < 1.29 is 18.7 Å². The molecule has 0 radical (unpaired) electrons. The van der Waals surface area contributed by atoms with Crippen molar-refractivity contribution in [1.82, 2.24) is 10.3 Å². The van der Waals surface area contributed by atoms with E-state index in [1.54, 1.807) is 49.4 Å². The third kappa shape index (κ3) is 5.09. The maximum absolute atomic E-state index is 12.2. The van der Waals surface area contributed by atoms with Gasteiger partial charge >= 0.3 is 0 Å². The molecule has 0 saturated heterocycles.